The number of nitrogens with two attached hydrogens (primary N) is 1. The van der Waals surface area contributed by atoms with Crippen LogP contribution in [0.15, 0.2) is 24.3 Å². The Morgan fingerprint density at radius 1 is 1.14 bits per heavy atom. The van der Waals surface area contributed by atoms with Gasteiger partial charge in [-0.1, -0.05) is 12.1 Å². The lowest BCUT2D eigenvalue weighted by Gasteiger charge is -2.29. The second-order valence-corrected chi connectivity index (χ2v) is 5.01. The van der Waals surface area contributed by atoms with Gasteiger partial charge in [0, 0.05) is 11.1 Å². The molecule has 1 fully saturated rings. The van der Waals surface area contributed by atoms with E-state index >= 15 is 0 Å². The lowest BCUT2D eigenvalue weighted by molar-refractivity contribution is -0.655. The molecule has 2 aromatic rings. The molecular weight excluding hydrogens is 286 g/mol. The molecule has 1 aromatic carbocycles. The van der Waals surface area contributed by atoms with Crippen molar-refractivity contribution in [3.8, 4) is 0 Å². The average molecular weight is 300 g/mol. The molecule has 2 heterocycles. The standard InChI is InChI=1S/C14H13F4N3/c15-10-3-1-2-9-11(21-6-4-19-5-7-21)8-12(14(16,17)18)20-13(9)10/h1-3,8,19H,4-7H2/p+1. The molecule has 1 saturated heterocycles. The van der Waals surface area contributed by atoms with Gasteiger partial charge in [-0.3, -0.25) is 0 Å². The van der Waals surface area contributed by atoms with E-state index < -0.39 is 17.7 Å². The normalized spacial score (nSPS) is 16.5. The van der Waals surface area contributed by atoms with E-state index in [0.29, 0.717) is 24.2 Å². The Morgan fingerprint density at radius 2 is 1.86 bits per heavy atom. The number of quaternary nitrogens is 1. The Balaban J connectivity index is 2.22. The number of anilines is 1. The fourth-order valence-corrected chi connectivity index (χ4v) is 2.59. The number of alkyl halides is 3. The molecule has 1 aromatic heterocycles. The largest absolute Gasteiger partial charge is 0.433 e. The third kappa shape index (κ3) is 2.65. The van der Waals surface area contributed by atoms with Crippen molar-refractivity contribution < 1.29 is 22.9 Å². The summed E-state index contributed by atoms with van der Waals surface area (Å²) in [5.41, 5.74) is -0.874. The highest BCUT2D eigenvalue weighted by molar-refractivity contribution is 5.92. The van der Waals surface area contributed by atoms with Crippen LogP contribution < -0.4 is 10.2 Å². The second-order valence-electron chi connectivity index (χ2n) is 5.01. The van der Waals surface area contributed by atoms with E-state index in [1.807, 2.05) is 4.90 Å². The molecule has 0 spiro atoms. The summed E-state index contributed by atoms with van der Waals surface area (Å²) in [4.78, 5) is 5.33. The molecule has 3 nitrogen and oxygen atoms in total. The number of pyridine rings is 1. The minimum Gasteiger partial charge on any atom is -0.360 e. The van der Waals surface area contributed by atoms with E-state index in [1.165, 1.54) is 6.07 Å². The smallest absolute Gasteiger partial charge is 0.360 e. The molecule has 1 aliphatic rings. The van der Waals surface area contributed by atoms with Gasteiger partial charge in [0.2, 0.25) is 0 Å². The molecule has 2 N–H and O–H groups in total. The van der Waals surface area contributed by atoms with E-state index in [9.17, 15) is 17.6 Å². The van der Waals surface area contributed by atoms with Gasteiger partial charge in [-0.2, -0.15) is 13.2 Å². The van der Waals surface area contributed by atoms with E-state index in [2.05, 4.69) is 10.3 Å². The van der Waals surface area contributed by atoms with Gasteiger partial charge in [-0.15, -0.1) is 0 Å². The number of hydrogen-bond acceptors (Lipinski definition) is 2. The van der Waals surface area contributed by atoms with Crippen LogP contribution in [0.4, 0.5) is 23.2 Å². The molecule has 3 rings (SSSR count). The van der Waals surface area contributed by atoms with E-state index in [4.69, 9.17) is 0 Å². The number of fused-ring (bicyclic) bond motifs is 1. The first-order valence-corrected chi connectivity index (χ1v) is 6.70. The summed E-state index contributed by atoms with van der Waals surface area (Å²) in [5.74, 6) is -0.733. The zero-order valence-corrected chi connectivity index (χ0v) is 11.1. The maximum Gasteiger partial charge on any atom is 0.433 e. The number of benzene rings is 1. The zero-order valence-electron chi connectivity index (χ0n) is 11.1. The molecule has 1 aliphatic heterocycles. The summed E-state index contributed by atoms with van der Waals surface area (Å²) in [7, 11) is 0. The molecule has 0 saturated carbocycles. The first kappa shape index (κ1) is 14.1. The minimum atomic E-state index is -4.59. The van der Waals surface area contributed by atoms with Crippen LogP contribution in [-0.4, -0.2) is 31.2 Å². The fraction of sp³-hybridized carbons (Fsp3) is 0.357. The summed E-state index contributed by atoms with van der Waals surface area (Å²) < 4.78 is 52.8. The maximum atomic E-state index is 13.8. The van der Waals surface area contributed by atoms with E-state index in [1.54, 1.807) is 6.07 Å². The molecule has 21 heavy (non-hydrogen) atoms. The van der Waals surface area contributed by atoms with Crippen LogP contribution in [0, 0.1) is 5.82 Å². The van der Waals surface area contributed by atoms with Gasteiger partial charge >= 0.3 is 6.18 Å². The van der Waals surface area contributed by atoms with Gasteiger partial charge in [0.15, 0.2) is 0 Å². The second kappa shape index (κ2) is 5.14. The lowest BCUT2D eigenvalue weighted by atomic mass is 10.1. The Morgan fingerprint density at radius 3 is 2.52 bits per heavy atom. The Hall–Kier alpha value is -1.89. The lowest BCUT2D eigenvalue weighted by Crippen LogP contribution is -2.89. The van der Waals surface area contributed by atoms with Gasteiger partial charge in [0.05, 0.1) is 26.2 Å². The predicted octanol–water partition coefficient (Wildman–Crippen LogP) is 1.78. The monoisotopic (exact) mass is 300 g/mol. The maximum absolute atomic E-state index is 13.8. The molecule has 0 amide bonds. The summed E-state index contributed by atoms with van der Waals surface area (Å²) in [5, 5.41) is 2.52. The van der Waals surface area contributed by atoms with Crippen LogP contribution in [0.2, 0.25) is 0 Å². The Kier molecular flexibility index (Phi) is 3.44. The zero-order chi connectivity index (χ0) is 15.0. The molecule has 0 atom stereocenters. The Bertz CT molecular complexity index is 663. The highest BCUT2D eigenvalue weighted by Gasteiger charge is 2.34. The van der Waals surface area contributed by atoms with Crippen molar-refractivity contribution in [3.63, 3.8) is 0 Å². The molecular formula is C14H14F4N3+. The van der Waals surface area contributed by atoms with Gasteiger partial charge < -0.3 is 10.2 Å². The number of halogens is 4. The van der Waals surface area contributed by atoms with Crippen molar-refractivity contribution in [2.75, 3.05) is 31.1 Å². The predicted molar refractivity (Wildman–Crippen MR) is 70.6 cm³/mol. The van der Waals surface area contributed by atoms with Gasteiger partial charge in [-0.25, -0.2) is 9.37 Å². The van der Waals surface area contributed by atoms with Crippen LogP contribution in [0.3, 0.4) is 0 Å². The molecule has 7 heteroatoms. The summed E-state index contributed by atoms with van der Waals surface area (Å²) in [6.45, 7) is 2.88. The summed E-state index contributed by atoms with van der Waals surface area (Å²) >= 11 is 0. The number of nitrogens with zero attached hydrogens (tertiary/aromatic N) is 2. The highest BCUT2D eigenvalue weighted by Crippen LogP contribution is 2.35. The molecule has 0 bridgehead atoms. The first-order chi connectivity index (χ1) is 9.97. The van der Waals surface area contributed by atoms with Crippen molar-refractivity contribution in [1.82, 2.24) is 4.98 Å². The van der Waals surface area contributed by atoms with E-state index in [-0.39, 0.29) is 5.52 Å². The quantitative estimate of drug-likeness (QED) is 0.814. The number of aromatic nitrogens is 1. The fourth-order valence-electron chi connectivity index (χ4n) is 2.59. The Labute approximate surface area is 118 Å². The highest BCUT2D eigenvalue weighted by atomic mass is 19.4. The van der Waals surface area contributed by atoms with Crippen LogP contribution in [0.25, 0.3) is 10.9 Å². The topological polar surface area (TPSA) is 32.7 Å². The van der Waals surface area contributed by atoms with Crippen LogP contribution in [-0.2, 0) is 6.18 Å². The first-order valence-electron chi connectivity index (χ1n) is 6.70. The van der Waals surface area contributed by atoms with Crippen molar-refractivity contribution in [3.05, 3.63) is 35.8 Å². The number of para-hydroxylation sites is 1. The van der Waals surface area contributed by atoms with Crippen molar-refractivity contribution in [2.24, 2.45) is 0 Å². The number of rotatable bonds is 1. The third-order valence-corrected chi connectivity index (χ3v) is 3.61. The third-order valence-electron chi connectivity index (χ3n) is 3.61. The average Bonchev–Trinajstić information content (AvgIpc) is 2.47. The number of piperazine rings is 1. The summed E-state index contributed by atoms with van der Waals surface area (Å²) in [6, 6.07) is 5.25. The van der Waals surface area contributed by atoms with Crippen molar-refractivity contribution >= 4 is 16.6 Å². The van der Waals surface area contributed by atoms with Gasteiger partial charge in [0.25, 0.3) is 0 Å². The molecule has 0 radical (unpaired) electrons. The number of hydrogen-bond donors (Lipinski definition) is 1. The SMILES string of the molecule is Fc1cccc2c(N3CC[NH2+]CC3)cc(C(F)(F)F)nc12. The summed E-state index contributed by atoms with van der Waals surface area (Å²) in [6.07, 6.45) is -4.59. The van der Waals surface area contributed by atoms with Crippen molar-refractivity contribution in [1.29, 1.82) is 0 Å². The van der Waals surface area contributed by atoms with Gasteiger partial charge in [-0.05, 0) is 12.1 Å². The van der Waals surface area contributed by atoms with E-state index in [0.717, 1.165) is 25.2 Å². The molecule has 0 unspecified atom stereocenters. The van der Waals surface area contributed by atoms with Crippen LogP contribution >= 0.6 is 0 Å². The minimum absolute atomic E-state index is 0.225. The van der Waals surface area contributed by atoms with Crippen LogP contribution in [0.1, 0.15) is 5.69 Å². The van der Waals surface area contributed by atoms with Gasteiger partial charge in [0.1, 0.15) is 17.0 Å². The molecule has 112 valence electrons. The molecule has 0 aliphatic carbocycles. The van der Waals surface area contributed by atoms with Crippen molar-refractivity contribution in [2.45, 2.75) is 6.18 Å². The van der Waals surface area contributed by atoms with Crippen LogP contribution in [0.5, 0.6) is 0 Å².